The van der Waals surface area contributed by atoms with Gasteiger partial charge in [0.15, 0.2) is 0 Å². The normalized spacial score (nSPS) is 11.9. The van der Waals surface area contributed by atoms with Gasteiger partial charge in [-0.3, -0.25) is 10.6 Å². The average Bonchev–Trinajstić information content (AvgIpc) is 2.39. The second kappa shape index (κ2) is 8.00. The highest BCUT2D eigenvalue weighted by Gasteiger charge is 2.12. The zero-order valence-corrected chi connectivity index (χ0v) is 11.7. The predicted octanol–water partition coefficient (Wildman–Crippen LogP) is 2.23. The topological polar surface area (TPSA) is 67.2 Å². The molecular weight excluding hydrogens is 246 g/mol. The van der Waals surface area contributed by atoms with Crippen LogP contribution < -0.4 is 16.6 Å². The van der Waals surface area contributed by atoms with Crippen LogP contribution in [0.5, 0.6) is 0 Å². The lowest BCUT2D eigenvalue weighted by Gasteiger charge is -2.15. The Balaban J connectivity index is 2.54. The van der Waals surface area contributed by atoms with Crippen molar-refractivity contribution < 1.29 is 4.79 Å². The van der Waals surface area contributed by atoms with Gasteiger partial charge in [0.2, 0.25) is 0 Å². The van der Waals surface area contributed by atoms with Crippen LogP contribution in [0.3, 0.4) is 0 Å². The SMILES string of the molecule is CCSCCC(C)NC(=O)c1ccccc1NN. The molecule has 1 aromatic rings. The molecule has 1 amide bonds. The van der Waals surface area contributed by atoms with E-state index in [4.69, 9.17) is 5.84 Å². The number of nitrogens with one attached hydrogen (secondary N) is 2. The van der Waals surface area contributed by atoms with Crippen molar-refractivity contribution in [2.45, 2.75) is 26.3 Å². The van der Waals surface area contributed by atoms with E-state index >= 15 is 0 Å². The molecule has 0 heterocycles. The molecule has 1 unspecified atom stereocenters. The molecule has 1 aromatic carbocycles. The zero-order valence-electron chi connectivity index (χ0n) is 10.9. The van der Waals surface area contributed by atoms with Crippen molar-refractivity contribution >= 4 is 23.4 Å². The minimum atomic E-state index is -0.0856. The third-order valence-electron chi connectivity index (χ3n) is 2.60. The van der Waals surface area contributed by atoms with Gasteiger partial charge in [-0.15, -0.1) is 0 Å². The minimum absolute atomic E-state index is 0.0856. The first-order valence-electron chi connectivity index (χ1n) is 6.13. The standard InChI is InChI=1S/C13H21N3OS/c1-3-18-9-8-10(2)15-13(17)11-6-4-5-7-12(11)16-14/h4-7,10,16H,3,8-9,14H2,1-2H3,(H,15,17). The summed E-state index contributed by atoms with van der Waals surface area (Å²) in [6, 6.07) is 7.38. The maximum absolute atomic E-state index is 12.1. The smallest absolute Gasteiger partial charge is 0.253 e. The fourth-order valence-electron chi connectivity index (χ4n) is 1.59. The second-order valence-corrected chi connectivity index (χ2v) is 5.44. The summed E-state index contributed by atoms with van der Waals surface area (Å²) >= 11 is 1.88. The first-order valence-corrected chi connectivity index (χ1v) is 7.28. The largest absolute Gasteiger partial charge is 0.349 e. The van der Waals surface area contributed by atoms with Gasteiger partial charge in [-0.1, -0.05) is 19.1 Å². The van der Waals surface area contributed by atoms with E-state index in [0.29, 0.717) is 11.3 Å². The Morgan fingerprint density at radius 1 is 1.44 bits per heavy atom. The van der Waals surface area contributed by atoms with Gasteiger partial charge in [0.1, 0.15) is 0 Å². The Kier molecular flexibility index (Phi) is 6.60. The summed E-state index contributed by atoms with van der Waals surface area (Å²) in [6.45, 7) is 4.16. The number of rotatable bonds is 7. The van der Waals surface area contributed by atoms with Crippen LogP contribution >= 0.6 is 11.8 Å². The van der Waals surface area contributed by atoms with Gasteiger partial charge in [0.25, 0.3) is 5.91 Å². The number of benzene rings is 1. The van der Waals surface area contributed by atoms with Crippen LogP contribution in [0, 0.1) is 0 Å². The lowest BCUT2D eigenvalue weighted by Crippen LogP contribution is -2.33. The minimum Gasteiger partial charge on any atom is -0.349 e. The maximum atomic E-state index is 12.1. The second-order valence-electron chi connectivity index (χ2n) is 4.05. The van der Waals surface area contributed by atoms with Crippen LogP contribution in [0.25, 0.3) is 0 Å². The van der Waals surface area contributed by atoms with E-state index in [0.717, 1.165) is 17.9 Å². The average molecular weight is 267 g/mol. The molecule has 1 atom stereocenters. The van der Waals surface area contributed by atoms with Gasteiger partial charge in [-0.25, -0.2) is 0 Å². The highest BCUT2D eigenvalue weighted by molar-refractivity contribution is 7.99. The van der Waals surface area contributed by atoms with Crippen molar-refractivity contribution in [3.05, 3.63) is 29.8 Å². The monoisotopic (exact) mass is 267 g/mol. The van der Waals surface area contributed by atoms with Crippen LogP contribution in [0.4, 0.5) is 5.69 Å². The van der Waals surface area contributed by atoms with Gasteiger partial charge in [0.05, 0.1) is 11.3 Å². The third kappa shape index (κ3) is 4.58. The molecule has 0 spiro atoms. The first kappa shape index (κ1) is 14.9. The summed E-state index contributed by atoms with van der Waals surface area (Å²) in [4.78, 5) is 12.1. The summed E-state index contributed by atoms with van der Waals surface area (Å²) < 4.78 is 0. The van der Waals surface area contributed by atoms with Crippen LogP contribution in [-0.4, -0.2) is 23.5 Å². The van der Waals surface area contributed by atoms with E-state index in [1.807, 2.05) is 30.8 Å². The molecule has 0 bridgehead atoms. The van der Waals surface area contributed by atoms with Crippen molar-refractivity contribution in [3.63, 3.8) is 0 Å². The van der Waals surface area contributed by atoms with E-state index in [1.165, 1.54) is 0 Å². The molecule has 100 valence electrons. The number of amides is 1. The van der Waals surface area contributed by atoms with Crippen LogP contribution in [0.2, 0.25) is 0 Å². The number of nitrogen functional groups attached to an aromatic ring is 1. The summed E-state index contributed by atoms with van der Waals surface area (Å²) in [5, 5.41) is 2.98. The van der Waals surface area contributed by atoms with Crippen molar-refractivity contribution in [3.8, 4) is 0 Å². The molecule has 0 aliphatic rings. The quantitative estimate of drug-likeness (QED) is 0.402. The van der Waals surface area contributed by atoms with Gasteiger partial charge in [0, 0.05) is 6.04 Å². The number of nitrogens with two attached hydrogens (primary N) is 1. The van der Waals surface area contributed by atoms with E-state index in [-0.39, 0.29) is 11.9 Å². The molecule has 0 aliphatic carbocycles. The fourth-order valence-corrected chi connectivity index (χ4v) is 2.39. The maximum Gasteiger partial charge on any atom is 0.253 e. The fraction of sp³-hybridized carbons (Fsp3) is 0.462. The summed E-state index contributed by atoms with van der Waals surface area (Å²) in [5.41, 5.74) is 3.76. The Bertz CT molecular complexity index is 384. The number of para-hydroxylation sites is 1. The third-order valence-corrected chi connectivity index (χ3v) is 3.54. The summed E-state index contributed by atoms with van der Waals surface area (Å²) in [5.74, 6) is 7.47. The number of hydrogen-bond acceptors (Lipinski definition) is 4. The van der Waals surface area contributed by atoms with Gasteiger partial charge in [-0.2, -0.15) is 11.8 Å². The molecule has 0 saturated carbocycles. The molecule has 0 aromatic heterocycles. The number of carbonyl (C=O) groups excluding carboxylic acids is 1. The summed E-state index contributed by atoms with van der Waals surface area (Å²) in [7, 11) is 0. The Morgan fingerprint density at radius 2 is 2.17 bits per heavy atom. The van der Waals surface area contributed by atoms with Gasteiger partial charge >= 0.3 is 0 Å². The number of thioether (sulfide) groups is 1. The molecule has 1 rings (SSSR count). The first-order chi connectivity index (χ1) is 8.69. The Labute approximate surface area is 113 Å². The van der Waals surface area contributed by atoms with Crippen LogP contribution in [0.15, 0.2) is 24.3 Å². The van der Waals surface area contributed by atoms with Gasteiger partial charge < -0.3 is 10.7 Å². The molecule has 18 heavy (non-hydrogen) atoms. The van der Waals surface area contributed by atoms with E-state index in [2.05, 4.69) is 17.7 Å². The van der Waals surface area contributed by atoms with Crippen molar-refractivity contribution in [2.24, 2.45) is 5.84 Å². The Hall–Kier alpha value is -1.20. The van der Waals surface area contributed by atoms with Crippen molar-refractivity contribution in [1.29, 1.82) is 0 Å². The number of hydrogen-bond donors (Lipinski definition) is 3. The highest BCUT2D eigenvalue weighted by atomic mass is 32.2. The van der Waals surface area contributed by atoms with Crippen molar-refractivity contribution in [2.75, 3.05) is 16.9 Å². The number of hydrazine groups is 1. The molecule has 0 aliphatic heterocycles. The van der Waals surface area contributed by atoms with Crippen LogP contribution in [0.1, 0.15) is 30.6 Å². The lowest BCUT2D eigenvalue weighted by molar-refractivity contribution is 0.0940. The van der Waals surface area contributed by atoms with Crippen LogP contribution in [-0.2, 0) is 0 Å². The molecule has 0 fully saturated rings. The van der Waals surface area contributed by atoms with E-state index < -0.39 is 0 Å². The molecule has 5 heteroatoms. The molecular formula is C13H21N3OS. The van der Waals surface area contributed by atoms with E-state index in [9.17, 15) is 4.79 Å². The molecule has 0 saturated heterocycles. The Morgan fingerprint density at radius 3 is 2.83 bits per heavy atom. The molecule has 4 N–H and O–H groups in total. The summed E-state index contributed by atoms with van der Waals surface area (Å²) in [6.07, 6.45) is 0.975. The van der Waals surface area contributed by atoms with E-state index in [1.54, 1.807) is 12.1 Å². The molecule has 0 radical (unpaired) electrons. The van der Waals surface area contributed by atoms with Crippen molar-refractivity contribution in [1.82, 2.24) is 5.32 Å². The lowest BCUT2D eigenvalue weighted by atomic mass is 10.1. The predicted molar refractivity (Wildman–Crippen MR) is 78.8 cm³/mol. The molecule has 4 nitrogen and oxygen atoms in total. The number of carbonyl (C=O) groups is 1. The highest BCUT2D eigenvalue weighted by Crippen LogP contribution is 2.13. The number of anilines is 1. The zero-order chi connectivity index (χ0) is 13.4. The van der Waals surface area contributed by atoms with Gasteiger partial charge in [-0.05, 0) is 37.0 Å².